The number of aryl methyl sites for hydroxylation is 1. The minimum absolute atomic E-state index is 0.0607. The van der Waals surface area contributed by atoms with Crippen molar-refractivity contribution < 1.29 is 4.79 Å². The summed E-state index contributed by atoms with van der Waals surface area (Å²) in [6.07, 6.45) is 1.36. The lowest BCUT2D eigenvalue weighted by molar-refractivity contribution is -0.121. The molecular weight excluding hydrogens is 300 g/mol. The molecule has 0 saturated heterocycles. The lowest BCUT2D eigenvalue weighted by Crippen LogP contribution is -2.39. The highest BCUT2D eigenvalue weighted by molar-refractivity contribution is 5.80. The zero-order valence-electron chi connectivity index (χ0n) is 15.7. The van der Waals surface area contributed by atoms with E-state index in [4.69, 9.17) is 0 Å². The van der Waals surface area contributed by atoms with Crippen molar-refractivity contribution in [3.05, 3.63) is 35.4 Å². The molecule has 0 heterocycles. The zero-order valence-corrected chi connectivity index (χ0v) is 15.7. The van der Waals surface area contributed by atoms with E-state index < -0.39 is 0 Å². The maximum Gasteiger partial charge on any atom is 0.222 e. The van der Waals surface area contributed by atoms with E-state index in [0.29, 0.717) is 13.0 Å². The van der Waals surface area contributed by atoms with Gasteiger partial charge >= 0.3 is 0 Å². The third kappa shape index (κ3) is 7.02. The van der Waals surface area contributed by atoms with Crippen LogP contribution in [0.1, 0.15) is 44.7 Å². The number of carbonyl (C=O) groups is 1. The van der Waals surface area contributed by atoms with E-state index in [1.54, 1.807) is 0 Å². The van der Waals surface area contributed by atoms with Gasteiger partial charge in [-0.1, -0.05) is 31.2 Å². The number of nitrogens with one attached hydrogen (secondary N) is 2. The molecule has 1 rings (SSSR count). The fourth-order valence-electron chi connectivity index (χ4n) is 2.30. The van der Waals surface area contributed by atoms with Crippen LogP contribution in [-0.2, 0) is 11.3 Å². The van der Waals surface area contributed by atoms with Crippen LogP contribution in [-0.4, -0.2) is 42.9 Å². The van der Waals surface area contributed by atoms with E-state index in [0.717, 1.165) is 25.5 Å². The molecule has 0 fully saturated rings. The summed E-state index contributed by atoms with van der Waals surface area (Å²) in [6, 6.07) is 8.58. The van der Waals surface area contributed by atoms with Crippen LogP contribution in [0.3, 0.4) is 0 Å². The molecule has 0 aliphatic rings. The summed E-state index contributed by atoms with van der Waals surface area (Å²) in [7, 11) is 2.02. The van der Waals surface area contributed by atoms with Gasteiger partial charge in [-0.3, -0.25) is 9.79 Å². The summed E-state index contributed by atoms with van der Waals surface area (Å²) in [4.78, 5) is 18.5. The molecule has 0 aromatic heterocycles. The summed E-state index contributed by atoms with van der Waals surface area (Å²) in [5.74, 6) is 0.891. The van der Waals surface area contributed by atoms with Crippen LogP contribution >= 0.6 is 0 Å². The second-order valence-corrected chi connectivity index (χ2v) is 6.15. The maximum atomic E-state index is 11.8. The number of guanidine groups is 1. The number of aliphatic imine (C=N–C) groups is 1. The van der Waals surface area contributed by atoms with Crippen molar-refractivity contribution >= 4 is 11.9 Å². The fraction of sp³-hybridized carbons (Fsp3) is 0.579. The van der Waals surface area contributed by atoms with Gasteiger partial charge in [0.25, 0.3) is 0 Å². The molecule has 134 valence electrons. The van der Waals surface area contributed by atoms with E-state index in [1.165, 1.54) is 11.1 Å². The third-order valence-corrected chi connectivity index (χ3v) is 3.99. The number of hydrogen-bond donors (Lipinski definition) is 2. The summed E-state index contributed by atoms with van der Waals surface area (Å²) >= 11 is 0. The molecule has 1 atom stereocenters. The Morgan fingerprint density at radius 2 is 2.00 bits per heavy atom. The van der Waals surface area contributed by atoms with Crippen molar-refractivity contribution in [3.8, 4) is 0 Å². The normalized spacial score (nSPS) is 12.6. The highest BCUT2D eigenvalue weighted by atomic mass is 16.1. The second-order valence-electron chi connectivity index (χ2n) is 6.15. The van der Waals surface area contributed by atoms with Gasteiger partial charge in [-0.25, -0.2) is 0 Å². The van der Waals surface area contributed by atoms with Crippen LogP contribution in [0, 0.1) is 6.92 Å². The smallest absolute Gasteiger partial charge is 0.222 e. The molecule has 5 heteroatoms. The lowest BCUT2D eigenvalue weighted by atomic mass is 10.1. The molecule has 0 aliphatic carbocycles. The van der Waals surface area contributed by atoms with Gasteiger partial charge in [-0.2, -0.15) is 0 Å². The standard InChI is InChI=1S/C19H32N4O/c1-6-16(4)22-18(24)12-13-21-19(20-7-2)23(5)14-17-11-9-8-10-15(17)3/h8-11,16H,6-7,12-14H2,1-5H3,(H,20,21)(H,22,24). The molecular formula is C19H32N4O. The average Bonchev–Trinajstić information content (AvgIpc) is 2.55. The van der Waals surface area contributed by atoms with Crippen LogP contribution in [0.5, 0.6) is 0 Å². The Morgan fingerprint density at radius 3 is 2.62 bits per heavy atom. The molecule has 2 N–H and O–H groups in total. The minimum Gasteiger partial charge on any atom is -0.357 e. The first-order valence-corrected chi connectivity index (χ1v) is 8.81. The van der Waals surface area contributed by atoms with Gasteiger partial charge in [0.1, 0.15) is 0 Å². The van der Waals surface area contributed by atoms with Crippen LogP contribution < -0.4 is 10.6 Å². The van der Waals surface area contributed by atoms with Gasteiger partial charge in [0, 0.05) is 32.6 Å². The predicted octanol–water partition coefficient (Wildman–Crippen LogP) is 2.70. The Labute approximate surface area is 146 Å². The van der Waals surface area contributed by atoms with Crippen LogP contribution in [0.2, 0.25) is 0 Å². The van der Waals surface area contributed by atoms with E-state index >= 15 is 0 Å². The molecule has 0 bridgehead atoms. The summed E-state index contributed by atoms with van der Waals surface area (Å²) < 4.78 is 0. The van der Waals surface area contributed by atoms with E-state index in [9.17, 15) is 4.79 Å². The first-order valence-electron chi connectivity index (χ1n) is 8.81. The van der Waals surface area contributed by atoms with Crippen molar-refractivity contribution in [2.45, 2.75) is 53.1 Å². The van der Waals surface area contributed by atoms with Crippen molar-refractivity contribution in [1.29, 1.82) is 0 Å². The molecule has 1 amide bonds. The van der Waals surface area contributed by atoms with Gasteiger partial charge in [-0.05, 0) is 38.3 Å². The number of hydrogen-bond acceptors (Lipinski definition) is 2. The molecule has 0 radical (unpaired) electrons. The quantitative estimate of drug-likeness (QED) is 0.568. The van der Waals surface area contributed by atoms with Gasteiger partial charge in [0.2, 0.25) is 5.91 Å². The first-order chi connectivity index (χ1) is 11.5. The Kier molecular flexibility index (Phi) is 8.90. The predicted molar refractivity (Wildman–Crippen MR) is 101 cm³/mol. The number of nitrogens with zero attached hydrogens (tertiary/aromatic N) is 2. The van der Waals surface area contributed by atoms with E-state index in [2.05, 4.69) is 52.6 Å². The van der Waals surface area contributed by atoms with Crippen molar-refractivity contribution in [2.24, 2.45) is 4.99 Å². The molecule has 5 nitrogen and oxygen atoms in total. The van der Waals surface area contributed by atoms with Gasteiger partial charge in [-0.15, -0.1) is 0 Å². The lowest BCUT2D eigenvalue weighted by Gasteiger charge is -2.23. The molecule has 0 spiro atoms. The average molecular weight is 332 g/mol. The Hall–Kier alpha value is -2.04. The number of rotatable bonds is 8. The molecule has 0 saturated carbocycles. The van der Waals surface area contributed by atoms with Crippen molar-refractivity contribution in [3.63, 3.8) is 0 Å². The Balaban J connectivity index is 2.61. The van der Waals surface area contributed by atoms with E-state index in [-0.39, 0.29) is 11.9 Å². The van der Waals surface area contributed by atoms with Crippen LogP contribution in [0.25, 0.3) is 0 Å². The Morgan fingerprint density at radius 1 is 1.29 bits per heavy atom. The van der Waals surface area contributed by atoms with Gasteiger partial charge in [0.05, 0.1) is 6.54 Å². The number of carbonyl (C=O) groups excluding carboxylic acids is 1. The van der Waals surface area contributed by atoms with Crippen LogP contribution in [0.15, 0.2) is 29.3 Å². The highest BCUT2D eigenvalue weighted by Gasteiger charge is 2.09. The molecule has 24 heavy (non-hydrogen) atoms. The Bertz CT molecular complexity index is 542. The monoisotopic (exact) mass is 332 g/mol. The largest absolute Gasteiger partial charge is 0.357 e. The SMILES string of the molecule is CCNC(=NCCC(=O)NC(C)CC)N(C)Cc1ccccc1C. The zero-order chi connectivity index (χ0) is 17.9. The maximum absolute atomic E-state index is 11.8. The summed E-state index contributed by atoms with van der Waals surface area (Å²) in [5, 5.41) is 6.26. The number of benzene rings is 1. The summed E-state index contributed by atoms with van der Waals surface area (Å²) in [5.41, 5.74) is 2.55. The van der Waals surface area contributed by atoms with Crippen molar-refractivity contribution in [2.75, 3.05) is 20.1 Å². The molecule has 1 unspecified atom stereocenters. The fourth-order valence-corrected chi connectivity index (χ4v) is 2.30. The first kappa shape index (κ1) is 20.0. The molecule has 1 aromatic rings. The topological polar surface area (TPSA) is 56.7 Å². The second kappa shape index (κ2) is 10.7. The molecule has 0 aliphatic heterocycles. The van der Waals surface area contributed by atoms with Crippen molar-refractivity contribution in [1.82, 2.24) is 15.5 Å². The summed E-state index contributed by atoms with van der Waals surface area (Å²) in [6.45, 7) is 10.3. The molecule has 1 aromatic carbocycles. The van der Waals surface area contributed by atoms with Gasteiger partial charge in [0.15, 0.2) is 5.96 Å². The van der Waals surface area contributed by atoms with E-state index in [1.807, 2.05) is 27.0 Å². The third-order valence-electron chi connectivity index (χ3n) is 3.99. The number of amides is 1. The van der Waals surface area contributed by atoms with Gasteiger partial charge < -0.3 is 15.5 Å². The van der Waals surface area contributed by atoms with Crippen LogP contribution in [0.4, 0.5) is 0 Å². The highest BCUT2D eigenvalue weighted by Crippen LogP contribution is 2.09. The minimum atomic E-state index is 0.0607.